The van der Waals surface area contributed by atoms with Gasteiger partial charge < -0.3 is 14.5 Å². The lowest BCUT2D eigenvalue weighted by Crippen LogP contribution is -2.12. The molecule has 0 unspecified atom stereocenters. The molecule has 6 nitrogen and oxygen atoms in total. The number of nitrogens with one attached hydrogen (secondary N) is 1. The molecule has 2 aromatic heterocycles. The number of carbonyl (C=O) groups excluding carboxylic acids is 1. The Morgan fingerprint density at radius 1 is 1.06 bits per heavy atom. The van der Waals surface area contributed by atoms with Gasteiger partial charge in [-0.15, -0.1) is 0 Å². The third kappa shape index (κ3) is 5.48. The van der Waals surface area contributed by atoms with E-state index < -0.39 is 0 Å². The Morgan fingerprint density at radius 2 is 1.87 bits per heavy atom. The Hall–Kier alpha value is -3.22. The van der Waals surface area contributed by atoms with Crippen LogP contribution in [0.4, 0.5) is 5.82 Å². The summed E-state index contributed by atoms with van der Waals surface area (Å²) in [7, 11) is 0. The van der Waals surface area contributed by atoms with Crippen LogP contribution in [0.1, 0.15) is 27.6 Å². The number of hydrogen-bond donors (Lipinski definition) is 1. The molecule has 2 heterocycles. The number of hydrogen-bond acceptors (Lipinski definition) is 4. The van der Waals surface area contributed by atoms with Gasteiger partial charge in [0.25, 0.3) is 5.91 Å². The van der Waals surface area contributed by atoms with Gasteiger partial charge in [0.2, 0.25) is 0 Å². The summed E-state index contributed by atoms with van der Waals surface area (Å²) in [6, 6.07) is 19.7. The average Bonchev–Trinajstić information content (AvgIpc) is 3.35. The van der Waals surface area contributed by atoms with E-state index in [0.29, 0.717) is 33.9 Å². The minimum Gasteiger partial charge on any atom is -0.486 e. The molecule has 4 aromatic rings. The van der Waals surface area contributed by atoms with E-state index in [9.17, 15) is 4.79 Å². The highest BCUT2D eigenvalue weighted by Gasteiger charge is 2.14. The van der Waals surface area contributed by atoms with Crippen LogP contribution in [0.3, 0.4) is 0 Å². The predicted octanol–water partition coefficient (Wildman–Crippen LogP) is 5.97. The number of aryl methyl sites for hydroxylation is 1. The Morgan fingerprint density at radius 3 is 2.65 bits per heavy atom. The van der Waals surface area contributed by atoms with Crippen molar-refractivity contribution < 1.29 is 13.9 Å². The smallest absolute Gasteiger partial charge is 0.292 e. The fourth-order valence-corrected chi connectivity index (χ4v) is 3.27. The second-order valence-corrected chi connectivity index (χ2v) is 7.79. The fraction of sp³-hybridized carbons (Fsp3) is 0.130. The zero-order valence-electron chi connectivity index (χ0n) is 16.6. The van der Waals surface area contributed by atoms with Crippen LogP contribution < -0.4 is 10.1 Å². The summed E-state index contributed by atoms with van der Waals surface area (Å²) < 4.78 is 13.0. The number of furan rings is 1. The Balaban J connectivity index is 1.37. The van der Waals surface area contributed by atoms with Gasteiger partial charge in [0.05, 0.1) is 6.54 Å². The number of amides is 1. The number of halogens is 2. The van der Waals surface area contributed by atoms with Crippen LogP contribution in [0, 0.1) is 6.92 Å². The summed E-state index contributed by atoms with van der Waals surface area (Å²) >= 11 is 11.9. The third-order valence-corrected chi connectivity index (χ3v) is 5.02. The molecule has 2 aromatic carbocycles. The van der Waals surface area contributed by atoms with Crippen LogP contribution in [-0.2, 0) is 13.2 Å². The molecule has 0 fully saturated rings. The van der Waals surface area contributed by atoms with Crippen LogP contribution in [0.2, 0.25) is 10.0 Å². The summed E-state index contributed by atoms with van der Waals surface area (Å²) in [5, 5.41) is 8.49. The molecule has 0 aliphatic carbocycles. The fourth-order valence-electron chi connectivity index (χ4n) is 2.96. The molecule has 0 radical (unpaired) electrons. The first kappa shape index (κ1) is 21.0. The molecule has 0 saturated heterocycles. The molecular formula is C23H19Cl2N3O3. The maximum Gasteiger partial charge on any atom is 0.292 e. The lowest BCUT2D eigenvalue weighted by molar-refractivity contribution is 0.0992. The van der Waals surface area contributed by atoms with E-state index in [0.717, 1.165) is 11.3 Å². The molecule has 0 bridgehead atoms. The van der Waals surface area contributed by atoms with E-state index in [-0.39, 0.29) is 18.3 Å². The maximum atomic E-state index is 12.5. The Kier molecular flexibility index (Phi) is 6.30. The highest BCUT2D eigenvalue weighted by atomic mass is 35.5. The quantitative estimate of drug-likeness (QED) is 0.372. The van der Waals surface area contributed by atoms with E-state index in [4.69, 9.17) is 32.4 Å². The van der Waals surface area contributed by atoms with Gasteiger partial charge in [-0.3, -0.25) is 9.48 Å². The number of carbonyl (C=O) groups is 1. The molecule has 1 N–H and O–H groups in total. The Labute approximate surface area is 189 Å². The highest BCUT2D eigenvalue weighted by Crippen LogP contribution is 2.20. The van der Waals surface area contributed by atoms with Crippen LogP contribution in [0.25, 0.3) is 0 Å². The molecular weight excluding hydrogens is 437 g/mol. The van der Waals surface area contributed by atoms with Crippen molar-refractivity contribution in [1.29, 1.82) is 0 Å². The third-order valence-electron chi connectivity index (χ3n) is 4.53. The van der Waals surface area contributed by atoms with Gasteiger partial charge in [0.15, 0.2) is 11.6 Å². The van der Waals surface area contributed by atoms with Gasteiger partial charge >= 0.3 is 0 Å². The van der Waals surface area contributed by atoms with Crippen molar-refractivity contribution in [1.82, 2.24) is 9.78 Å². The molecule has 0 aliphatic heterocycles. The van der Waals surface area contributed by atoms with E-state index in [1.54, 1.807) is 42.5 Å². The van der Waals surface area contributed by atoms with Gasteiger partial charge in [-0.05, 0) is 55.0 Å². The van der Waals surface area contributed by atoms with Gasteiger partial charge in [0.1, 0.15) is 18.1 Å². The average molecular weight is 456 g/mol. The minimum absolute atomic E-state index is 0.176. The van der Waals surface area contributed by atoms with E-state index in [1.165, 1.54) is 0 Å². The summed E-state index contributed by atoms with van der Waals surface area (Å²) in [5.41, 5.74) is 1.98. The largest absolute Gasteiger partial charge is 0.486 e. The van der Waals surface area contributed by atoms with Gasteiger partial charge in [0, 0.05) is 21.8 Å². The normalized spacial score (nSPS) is 10.8. The Bertz CT molecular complexity index is 1200. The van der Waals surface area contributed by atoms with Crippen molar-refractivity contribution in [2.45, 2.75) is 20.1 Å². The van der Waals surface area contributed by atoms with Crippen LogP contribution in [0.5, 0.6) is 5.75 Å². The van der Waals surface area contributed by atoms with Crippen molar-refractivity contribution in [3.05, 3.63) is 99.6 Å². The summed E-state index contributed by atoms with van der Waals surface area (Å²) in [6.07, 6.45) is 0. The number of anilines is 1. The molecule has 8 heteroatoms. The van der Waals surface area contributed by atoms with Crippen LogP contribution in [-0.4, -0.2) is 15.7 Å². The van der Waals surface area contributed by atoms with Crippen molar-refractivity contribution >= 4 is 34.9 Å². The van der Waals surface area contributed by atoms with Gasteiger partial charge in [-0.1, -0.05) is 41.4 Å². The summed E-state index contributed by atoms with van der Waals surface area (Å²) in [4.78, 5) is 12.5. The van der Waals surface area contributed by atoms with Crippen LogP contribution >= 0.6 is 23.2 Å². The standard InChI is InChI=1S/C23H19Cl2N3O3/c1-15-11-22(27-28(15)13-16-5-7-17(24)8-6-16)26-23(29)21-10-9-20(31-21)14-30-19-4-2-3-18(25)12-19/h2-12H,13-14H2,1H3,(H,26,27,29). The predicted molar refractivity (Wildman–Crippen MR) is 120 cm³/mol. The summed E-state index contributed by atoms with van der Waals surface area (Å²) in [6.45, 7) is 2.68. The van der Waals surface area contributed by atoms with Crippen molar-refractivity contribution in [2.24, 2.45) is 0 Å². The van der Waals surface area contributed by atoms with Gasteiger partial charge in [-0.25, -0.2) is 0 Å². The molecule has 0 spiro atoms. The molecule has 0 saturated carbocycles. The number of rotatable bonds is 7. The lowest BCUT2D eigenvalue weighted by atomic mass is 10.2. The lowest BCUT2D eigenvalue weighted by Gasteiger charge is -2.05. The maximum absolute atomic E-state index is 12.5. The van der Waals surface area contributed by atoms with E-state index in [2.05, 4.69) is 10.4 Å². The number of ether oxygens (including phenoxy) is 1. The zero-order valence-corrected chi connectivity index (χ0v) is 18.2. The molecule has 31 heavy (non-hydrogen) atoms. The van der Waals surface area contributed by atoms with E-state index >= 15 is 0 Å². The molecule has 0 atom stereocenters. The molecule has 158 valence electrons. The number of aromatic nitrogens is 2. The summed E-state index contributed by atoms with van der Waals surface area (Å²) in [5.74, 6) is 1.38. The molecule has 0 aliphatic rings. The number of nitrogens with zero attached hydrogens (tertiary/aromatic N) is 2. The first-order chi connectivity index (χ1) is 15.0. The number of benzene rings is 2. The monoisotopic (exact) mass is 455 g/mol. The van der Waals surface area contributed by atoms with Gasteiger partial charge in [-0.2, -0.15) is 5.10 Å². The van der Waals surface area contributed by atoms with Crippen molar-refractivity contribution in [3.63, 3.8) is 0 Å². The second kappa shape index (κ2) is 9.29. The van der Waals surface area contributed by atoms with Crippen molar-refractivity contribution in [2.75, 3.05) is 5.32 Å². The SMILES string of the molecule is Cc1cc(NC(=O)c2ccc(COc3cccc(Cl)c3)o2)nn1Cc1ccc(Cl)cc1. The topological polar surface area (TPSA) is 69.3 Å². The first-order valence-electron chi connectivity index (χ1n) is 9.53. The van der Waals surface area contributed by atoms with Crippen molar-refractivity contribution in [3.8, 4) is 5.75 Å². The van der Waals surface area contributed by atoms with E-state index in [1.807, 2.05) is 35.9 Å². The molecule has 4 rings (SSSR count). The highest BCUT2D eigenvalue weighted by molar-refractivity contribution is 6.30. The zero-order chi connectivity index (χ0) is 21.8. The second-order valence-electron chi connectivity index (χ2n) is 6.92. The molecule has 1 amide bonds. The minimum atomic E-state index is -0.384. The van der Waals surface area contributed by atoms with Crippen LogP contribution in [0.15, 0.2) is 71.1 Å². The first-order valence-corrected chi connectivity index (χ1v) is 10.3.